The highest BCUT2D eigenvalue weighted by Gasteiger charge is 2.43. The summed E-state index contributed by atoms with van der Waals surface area (Å²) >= 11 is 0. The standard InChI is InChI=1S/C19H24FN3O4/c1-11-15(18(24)26-9-7-21)17(13-5-3-4-6-14(13)20)16(12(2)23-11)19(25)27-10-8-22/h3-6,15,17H,7-10,21-22H2,1-2H3. The summed E-state index contributed by atoms with van der Waals surface area (Å²) in [6.07, 6.45) is 0. The van der Waals surface area contributed by atoms with Crippen LogP contribution in [0, 0.1) is 11.7 Å². The Bertz CT molecular complexity index is 776. The molecule has 2 rings (SSSR count). The van der Waals surface area contributed by atoms with Crippen molar-refractivity contribution < 1.29 is 23.5 Å². The minimum absolute atomic E-state index is 0.00455. The van der Waals surface area contributed by atoms with Gasteiger partial charge in [0.1, 0.15) is 24.9 Å². The number of allylic oxidation sites excluding steroid dienone is 1. The first kappa shape index (κ1) is 20.7. The van der Waals surface area contributed by atoms with Gasteiger partial charge in [-0.3, -0.25) is 9.79 Å². The molecule has 4 N–H and O–H groups in total. The molecule has 27 heavy (non-hydrogen) atoms. The third kappa shape index (κ3) is 4.58. The summed E-state index contributed by atoms with van der Waals surface area (Å²) in [5.74, 6) is -3.71. The lowest BCUT2D eigenvalue weighted by molar-refractivity contribution is -0.146. The van der Waals surface area contributed by atoms with Crippen LogP contribution in [-0.4, -0.2) is 44.0 Å². The van der Waals surface area contributed by atoms with Crippen molar-refractivity contribution >= 4 is 17.7 Å². The number of aliphatic imine (C=N–C) groups is 1. The van der Waals surface area contributed by atoms with Crippen LogP contribution in [0.4, 0.5) is 4.39 Å². The lowest BCUT2D eigenvalue weighted by atomic mass is 9.75. The van der Waals surface area contributed by atoms with E-state index in [1.165, 1.54) is 18.2 Å². The van der Waals surface area contributed by atoms with Gasteiger partial charge in [-0.25, -0.2) is 9.18 Å². The van der Waals surface area contributed by atoms with E-state index in [1.807, 2.05) is 0 Å². The van der Waals surface area contributed by atoms with Gasteiger partial charge in [0.2, 0.25) is 0 Å². The van der Waals surface area contributed by atoms with Gasteiger partial charge in [-0.1, -0.05) is 18.2 Å². The van der Waals surface area contributed by atoms with Crippen LogP contribution < -0.4 is 11.5 Å². The number of hydrogen-bond acceptors (Lipinski definition) is 7. The van der Waals surface area contributed by atoms with Crippen LogP contribution in [0.2, 0.25) is 0 Å². The van der Waals surface area contributed by atoms with E-state index in [4.69, 9.17) is 20.9 Å². The summed E-state index contributed by atoms with van der Waals surface area (Å²) in [5.41, 5.74) is 11.9. The summed E-state index contributed by atoms with van der Waals surface area (Å²) in [5, 5.41) is 0. The maximum atomic E-state index is 14.6. The number of carbonyl (C=O) groups is 2. The molecule has 0 spiro atoms. The molecule has 8 heteroatoms. The molecule has 0 saturated carbocycles. The second-order valence-corrected chi connectivity index (χ2v) is 6.11. The molecule has 1 aliphatic rings. The smallest absolute Gasteiger partial charge is 0.336 e. The molecular weight excluding hydrogens is 353 g/mol. The highest BCUT2D eigenvalue weighted by atomic mass is 19.1. The van der Waals surface area contributed by atoms with Gasteiger partial charge in [0.15, 0.2) is 0 Å². The van der Waals surface area contributed by atoms with Crippen molar-refractivity contribution in [2.75, 3.05) is 26.3 Å². The van der Waals surface area contributed by atoms with Crippen molar-refractivity contribution in [2.24, 2.45) is 22.4 Å². The second kappa shape index (κ2) is 9.38. The molecule has 1 aliphatic heterocycles. The Morgan fingerprint density at radius 2 is 1.74 bits per heavy atom. The van der Waals surface area contributed by atoms with Crippen LogP contribution in [-0.2, 0) is 19.1 Å². The summed E-state index contributed by atoms with van der Waals surface area (Å²) < 4.78 is 24.9. The van der Waals surface area contributed by atoms with Gasteiger partial charge in [0.05, 0.1) is 5.57 Å². The molecule has 2 atom stereocenters. The van der Waals surface area contributed by atoms with E-state index in [0.29, 0.717) is 11.4 Å². The maximum Gasteiger partial charge on any atom is 0.336 e. The van der Waals surface area contributed by atoms with Crippen molar-refractivity contribution in [3.8, 4) is 0 Å². The largest absolute Gasteiger partial charge is 0.464 e. The number of esters is 2. The fraction of sp³-hybridized carbons (Fsp3) is 0.421. The molecule has 146 valence electrons. The number of hydrogen-bond donors (Lipinski definition) is 2. The maximum absolute atomic E-state index is 14.6. The fourth-order valence-corrected chi connectivity index (χ4v) is 3.15. The Hall–Kier alpha value is -2.58. The molecule has 2 unspecified atom stereocenters. The molecule has 0 aromatic heterocycles. The van der Waals surface area contributed by atoms with Gasteiger partial charge in [0.25, 0.3) is 0 Å². The van der Waals surface area contributed by atoms with E-state index in [9.17, 15) is 14.0 Å². The summed E-state index contributed by atoms with van der Waals surface area (Å²) in [6.45, 7) is 3.59. The highest BCUT2D eigenvalue weighted by Crippen LogP contribution is 2.40. The Labute approximate surface area is 157 Å². The van der Waals surface area contributed by atoms with Crippen molar-refractivity contribution in [3.05, 3.63) is 46.9 Å². The summed E-state index contributed by atoms with van der Waals surface area (Å²) in [6, 6.07) is 5.98. The molecule has 0 saturated heterocycles. The predicted octanol–water partition coefficient (Wildman–Crippen LogP) is 1.28. The Morgan fingerprint density at radius 1 is 1.11 bits per heavy atom. The molecule has 0 radical (unpaired) electrons. The van der Waals surface area contributed by atoms with Crippen molar-refractivity contribution in [3.63, 3.8) is 0 Å². The van der Waals surface area contributed by atoms with E-state index < -0.39 is 29.6 Å². The van der Waals surface area contributed by atoms with Crippen molar-refractivity contribution in [1.82, 2.24) is 0 Å². The highest BCUT2D eigenvalue weighted by molar-refractivity contribution is 6.07. The number of nitrogens with two attached hydrogens (primary N) is 2. The molecule has 0 amide bonds. The number of halogens is 1. The molecule has 1 aromatic rings. The molecule has 1 aromatic carbocycles. The first-order chi connectivity index (χ1) is 12.9. The lowest BCUT2D eigenvalue weighted by Crippen LogP contribution is -2.37. The third-order valence-electron chi connectivity index (χ3n) is 4.26. The first-order valence-electron chi connectivity index (χ1n) is 8.66. The van der Waals surface area contributed by atoms with Gasteiger partial charge in [-0.05, 0) is 25.5 Å². The Morgan fingerprint density at radius 3 is 2.37 bits per heavy atom. The second-order valence-electron chi connectivity index (χ2n) is 6.11. The fourth-order valence-electron chi connectivity index (χ4n) is 3.15. The third-order valence-corrected chi connectivity index (χ3v) is 4.26. The molecule has 1 heterocycles. The molecule has 7 nitrogen and oxygen atoms in total. The monoisotopic (exact) mass is 377 g/mol. The lowest BCUT2D eigenvalue weighted by Gasteiger charge is -2.31. The van der Waals surface area contributed by atoms with Crippen LogP contribution in [0.25, 0.3) is 0 Å². The quantitative estimate of drug-likeness (QED) is 0.691. The van der Waals surface area contributed by atoms with Gasteiger partial charge >= 0.3 is 11.9 Å². The van der Waals surface area contributed by atoms with Crippen LogP contribution in [0.3, 0.4) is 0 Å². The van der Waals surface area contributed by atoms with Crippen molar-refractivity contribution in [1.29, 1.82) is 0 Å². The van der Waals surface area contributed by atoms with Crippen molar-refractivity contribution in [2.45, 2.75) is 19.8 Å². The molecule has 0 bridgehead atoms. The zero-order valence-electron chi connectivity index (χ0n) is 15.4. The van der Waals surface area contributed by atoms with Crippen LogP contribution in [0.15, 0.2) is 40.5 Å². The van der Waals surface area contributed by atoms with E-state index >= 15 is 0 Å². The SMILES string of the molecule is CC1=NC(C)=C(C(=O)OCCN)C(c2ccccc2F)C1C(=O)OCCN. The molecule has 0 fully saturated rings. The number of carbonyl (C=O) groups excluding carboxylic acids is 2. The average Bonchev–Trinajstić information content (AvgIpc) is 2.64. The minimum atomic E-state index is -0.961. The van der Waals surface area contributed by atoms with Crippen LogP contribution >= 0.6 is 0 Å². The zero-order chi connectivity index (χ0) is 20.0. The predicted molar refractivity (Wildman–Crippen MR) is 98.5 cm³/mol. The average molecular weight is 377 g/mol. The summed E-state index contributed by atoms with van der Waals surface area (Å²) in [4.78, 5) is 29.6. The van der Waals surface area contributed by atoms with Gasteiger partial charge < -0.3 is 20.9 Å². The first-order valence-corrected chi connectivity index (χ1v) is 8.66. The van der Waals surface area contributed by atoms with E-state index in [1.54, 1.807) is 19.9 Å². The van der Waals surface area contributed by atoms with Crippen LogP contribution in [0.1, 0.15) is 25.3 Å². The Kier molecular flexibility index (Phi) is 7.20. The van der Waals surface area contributed by atoms with E-state index in [2.05, 4.69) is 4.99 Å². The number of rotatable bonds is 7. The molecule has 0 aliphatic carbocycles. The Balaban J connectivity index is 2.57. The zero-order valence-corrected chi connectivity index (χ0v) is 15.4. The van der Waals surface area contributed by atoms with Gasteiger partial charge in [0, 0.05) is 30.4 Å². The number of benzene rings is 1. The molecular formula is C19H24FN3O4. The summed E-state index contributed by atoms with van der Waals surface area (Å²) in [7, 11) is 0. The number of ether oxygens (including phenoxy) is 2. The number of nitrogens with zero attached hydrogens (tertiary/aromatic N) is 1. The van der Waals surface area contributed by atoms with E-state index in [0.717, 1.165) is 0 Å². The topological polar surface area (TPSA) is 117 Å². The van der Waals surface area contributed by atoms with E-state index in [-0.39, 0.29) is 37.4 Å². The van der Waals surface area contributed by atoms with Gasteiger partial charge in [-0.15, -0.1) is 0 Å². The van der Waals surface area contributed by atoms with Gasteiger partial charge in [-0.2, -0.15) is 0 Å². The van der Waals surface area contributed by atoms with Crippen LogP contribution in [0.5, 0.6) is 0 Å². The minimum Gasteiger partial charge on any atom is -0.464 e. The normalized spacial score (nSPS) is 19.5.